The number of nitrogens with zero attached hydrogens (tertiary/aromatic N) is 2. The van der Waals surface area contributed by atoms with Crippen LogP contribution in [0.3, 0.4) is 0 Å². The van der Waals surface area contributed by atoms with Crippen molar-refractivity contribution in [2.45, 2.75) is 16.7 Å². The molecule has 2 rings (SSSR count). The maximum Gasteiger partial charge on any atom is 0.338 e. The van der Waals surface area contributed by atoms with Crippen LogP contribution >= 0.6 is 11.8 Å². The van der Waals surface area contributed by atoms with E-state index in [1.807, 2.05) is 19.3 Å². The summed E-state index contributed by atoms with van der Waals surface area (Å²) in [4.78, 5) is 13.5. The average molecular weight is 277 g/mol. The highest BCUT2D eigenvalue weighted by atomic mass is 32.2. The van der Waals surface area contributed by atoms with Crippen LogP contribution in [0.4, 0.5) is 5.69 Å². The van der Waals surface area contributed by atoms with Crippen molar-refractivity contribution in [3.8, 4) is 0 Å². The third kappa shape index (κ3) is 3.29. The van der Waals surface area contributed by atoms with Gasteiger partial charge < -0.3 is 10.5 Å². The molecule has 0 unspecified atom stereocenters. The molecule has 0 fully saturated rings. The third-order valence-corrected chi connectivity index (χ3v) is 3.47. The number of esters is 1. The molecule has 0 aliphatic heterocycles. The molecule has 0 saturated carbocycles. The second-order valence-corrected chi connectivity index (χ2v) is 5.04. The van der Waals surface area contributed by atoms with Crippen molar-refractivity contribution in [2.24, 2.45) is 7.05 Å². The first-order valence-corrected chi connectivity index (χ1v) is 6.65. The van der Waals surface area contributed by atoms with Crippen molar-refractivity contribution in [3.05, 3.63) is 36.2 Å². The summed E-state index contributed by atoms with van der Waals surface area (Å²) in [7, 11) is 1.86. The van der Waals surface area contributed by atoms with Crippen LogP contribution in [0.25, 0.3) is 0 Å². The number of nitrogen functional groups attached to an aromatic ring is 1. The largest absolute Gasteiger partial charge is 0.462 e. The van der Waals surface area contributed by atoms with Crippen LogP contribution in [0, 0.1) is 0 Å². The van der Waals surface area contributed by atoms with Crippen LogP contribution in [-0.4, -0.2) is 22.4 Å². The standard InChI is InChI=1S/C13H15N3O2S/c1-3-18-13(17)9-4-5-12(11(14)6-9)19-10-7-15-16(2)8-10/h4-8H,3,14H2,1-2H3. The van der Waals surface area contributed by atoms with E-state index < -0.39 is 0 Å². The van der Waals surface area contributed by atoms with Gasteiger partial charge in [-0.05, 0) is 25.1 Å². The van der Waals surface area contributed by atoms with Crippen LogP contribution in [0.5, 0.6) is 0 Å². The van der Waals surface area contributed by atoms with Gasteiger partial charge in [-0.25, -0.2) is 4.79 Å². The molecule has 2 N–H and O–H groups in total. The highest BCUT2D eigenvalue weighted by molar-refractivity contribution is 7.99. The molecule has 1 aromatic heterocycles. The second-order valence-electron chi connectivity index (χ2n) is 3.92. The second kappa shape index (κ2) is 5.79. The van der Waals surface area contributed by atoms with E-state index in [2.05, 4.69) is 5.10 Å². The molecule has 0 aliphatic rings. The number of rotatable bonds is 4. The topological polar surface area (TPSA) is 70.1 Å². The first kappa shape index (κ1) is 13.5. The van der Waals surface area contributed by atoms with Crippen molar-refractivity contribution < 1.29 is 9.53 Å². The number of benzene rings is 1. The van der Waals surface area contributed by atoms with E-state index in [1.54, 1.807) is 29.9 Å². The zero-order valence-corrected chi connectivity index (χ0v) is 11.6. The number of aryl methyl sites for hydroxylation is 1. The van der Waals surface area contributed by atoms with E-state index in [4.69, 9.17) is 10.5 Å². The highest BCUT2D eigenvalue weighted by Gasteiger charge is 2.10. The fourth-order valence-electron chi connectivity index (χ4n) is 1.56. The molecular weight excluding hydrogens is 262 g/mol. The Labute approximate surface area is 115 Å². The Bertz CT molecular complexity index is 595. The number of nitrogens with two attached hydrogens (primary N) is 1. The Morgan fingerprint density at radius 1 is 1.53 bits per heavy atom. The SMILES string of the molecule is CCOC(=O)c1ccc(Sc2cnn(C)c2)c(N)c1. The van der Waals surface area contributed by atoms with Gasteiger partial charge in [0, 0.05) is 23.8 Å². The van der Waals surface area contributed by atoms with Gasteiger partial charge in [-0.3, -0.25) is 4.68 Å². The molecule has 0 spiro atoms. The van der Waals surface area contributed by atoms with Crippen molar-refractivity contribution >= 4 is 23.4 Å². The summed E-state index contributed by atoms with van der Waals surface area (Å²) >= 11 is 1.51. The van der Waals surface area contributed by atoms with Crippen LogP contribution in [-0.2, 0) is 11.8 Å². The number of aromatic nitrogens is 2. The molecule has 0 aliphatic carbocycles. The minimum Gasteiger partial charge on any atom is -0.462 e. The van der Waals surface area contributed by atoms with Gasteiger partial charge in [-0.2, -0.15) is 5.10 Å². The number of hydrogen-bond donors (Lipinski definition) is 1. The first-order valence-electron chi connectivity index (χ1n) is 5.83. The molecule has 0 saturated heterocycles. The summed E-state index contributed by atoms with van der Waals surface area (Å²) in [5, 5.41) is 4.09. The first-order chi connectivity index (χ1) is 9.10. The Morgan fingerprint density at radius 3 is 2.89 bits per heavy atom. The lowest BCUT2D eigenvalue weighted by molar-refractivity contribution is 0.0526. The third-order valence-electron chi connectivity index (χ3n) is 2.43. The predicted molar refractivity (Wildman–Crippen MR) is 74.1 cm³/mol. The van der Waals surface area contributed by atoms with Gasteiger partial charge in [-0.15, -0.1) is 0 Å². The van der Waals surface area contributed by atoms with Crippen molar-refractivity contribution in [2.75, 3.05) is 12.3 Å². The van der Waals surface area contributed by atoms with Gasteiger partial charge in [0.25, 0.3) is 0 Å². The molecule has 6 heteroatoms. The lowest BCUT2D eigenvalue weighted by Gasteiger charge is -2.06. The minimum atomic E-state index is -0.355. The molecule has 1 aromatic carbocycles. The Balaban J connectivity index is 2.17. The average Bonchev–Trinajstić information content (AvgIpc) is 2.78. The van der Waals surface area contributed by atoms with Gasteiger partial charge in [0.15, 0.2) is 0 Å². The Hall–Kier alpha value is -1.95. The maximum atomic E-state index is 11.6. The molecule has 0 bridgehead atoms. The maximum absolute atomic E-state index is 11.6. The quantitative estimate of drug-likeness (QED) is 0.686. The Kier molecular flexibility index (Phi) is 4.11. The molecule has 1 heterocycles. The number of carbonyl (C=O) groups is 1. The molecule has 2 aromatic rings. The molecular formula is C13H15N3O2S. The zero-order chi connectivity index (χ0) is 13.8. The van der Waals surface area contributed by atoms with Crippen LogP contribution in [0.2, 0.25) is 0 Å². The van der Waals surface area contributed by atoms with E-state index >= 15 is 0 Å². The molecule has 100 valence electrons. The van der Waals surface area contributed by atoms with Gasteiger partial charge in [0.1, 0.15) is 0 Å². The van der Waals surface area contributed by atoms with Gasteiger partial charge in [0.2, 0.25) is 0 Å². The lowest BCUT2D eigenvalue weighted by atomic mass is 10.2. The fourth-order valence-corrected chi connectivity index (χ4v) is 2.43. The van der Waals surface area contributed by atoms with E-state index in [0.29, 0.717) is 17.9 Å². The van der Waals surface area contributed by atoms with E-state index in [9.17, 15) is 4.79 Å². The number of anilines is 1. The van der Waals surface area contributed by atoms with E-state index in [-0.39, 0.29) is 5.97 Å². The molecule has 0 amide bonds. The summed E-state index contributed by atoms with van der Waals surface area (Å²) in [6.07, 6.45) is 3.67. The number of hydrogen-bond acceptors (Lipinski definition) is 5. The molecule has 5 nitrogen and oxygen atoms in total. The molecule has 19 heavy (non-hydrogen) atoms. The number of ether oxygens (including phenoxy) is 1. The van der Waals surface area contributed by atoms with Crippen molar-refractivity contribution in [3.63, 3.8) is 0 Å². The molecule has 0 atom stereocenters. The smallest absolute Gasteiger partial charge is 0.338 e. The summed E-state index contributed by atoms with van der Waals surface area (Å²) in [6.45, 7) is 2.12. The normalized spacial score (nSPS) is 10.4. The summed E-state index contributed by atoms with van der Waals surface area (Å²) in [5.74, 6) is -0.355. The van der Waals surface area contributed by atoms with Crippen molar-refractivity contribution in [1.29, 1.82) is 0 Å². The van der Waals surface area contributed by atoms with E-state index in [0.717, 1.165) is 9.79 Å². The highest BCUT2D eigenvalue weighted by Crippen LogP contribution is 2.32. The monoisotopic (exact) mass is 277 g/mol. The van der Waals surface area contributed by atoms with Gasteiger partial charge in [-0.1, -0.05) is 11.8 Å². The van der Waals surface area contributed by atoms with E-state index in [1.165, 1.54) is 11.8 Å². The molecule has 0 radical (unpaired) electrons. The van der Waals surface area contributed by atoms with Crippen LogP contribution < -0.4 is 5.73 Å². The fraction of sp³-hybridized carbons (Fsp3) is 0.231. The van der Waals surface area contributed by atoms with Gasteiger partial charge in [0.05, 0.1) is 23.3 Å². The summed E-state index contributed by atoms with van der Waals surface area (Å²) in [6, 6.07) is 5.17. The summed E-state index contributed by atoms with van der Waals surface area (Å²) in [5.41, 5.74) is 6.98. The Morgan fingerprint density at radius 2 is 2.32 bits per heavy atom. The van der Waals surface area contributed by atoms with Crippen molar-refractivity contribution in [1.82, 2.24) is 9.78 Å². The minimum absolute atomic E-state index is 0.352. The lowest BCUT2D eigenvalue weighted by Crippen LogP contribution is -2.05. The van der Waals surface area contributed by atoms with Gasteiger partial charge >= 0.3 is 5.97 Å². The van der Waals surface area contributed by atoms with Crippen LogP contribution in [0.15, 0.2) is 40.4 Å². The predicted octanol–water partition coefficient (Wildman–Crippen LogP) is 2.33. The number of carbonyl (C=O) groups excluding carboxylic acids is 1. The zero-order valence-electron chi connectivity index (χ0n) is 10.8. The van der Waals surface area contributed by atoms with Crippen LogP contribution in [0.1, 0.15) is 17.3 Å². The summed E-state index contributed by atoms with van der Waals surface area (Å²) < 4.78 is 6.66.